The summed E-state index contributed by atoms with van der Waals surface area (Å²) < 4.78 is 27.3. The second-order valence-electron chi connectivity index (χ2n) is 5.48. The Morgan fingerprint density at radius 2 is 2.19 bits per heavy atom. The van der Waals surface area contributed by atoms with Crippen LogP contribution in [0.25, 0.3) is 0 Å². The molecule has 1 aliphatic carbocycles. The Hall–Kier alpha value is -0.960. The van der Waals surface area contributed by atoms with Crippen molar-refractivity contribution in [3.63, 3.8) is 0 Å². The first-order chi connectivity index (χ1) is 9.74. The molecule has 0 aromatic carbocycles. The molecule has 21 heavy (non-hydrogen) atoms. The molecular formula is C13H20N2O4S2. The van der Waals surface area contributed by atoms with Crippen LogP contribution in [0.3, 0.4) is 0 Å². The molecule has 118 valence electrons. The lowest BCUT2D eigenvalue weighted by Gasteiger charge is -2.24. The monoisotopic (exact) mass is 332 g/mol. The van der Waals surface area contributed by atoms with Gasteiger partial charge in [-0.3, -0.25) is 4.90 Å². The minimum absolute atomic E-state index is 0.0690. The van der Waals surface area contributed by atoms with Crippen LogP contribution in [0.5, 0.6) is 0 Å². The topological polar surface area (TPSA) is 86.7 Å². The number of hydrogen-bond acceptors (Lipinski definition) is 5. The number of likely N-dealkylation sites (N-methyl/N-ethyl adjacent to an activating group) is 1. The Labute approximate surface area is 128 Å². The zero-order chi connectivity index (χ0) is 15.8. The zero-order valence-corrected chi connectivity index (χ0v) is 13.9. The van der Waals surface area contributed by atoms with E-state index in [2.05, 4.69) is 9.62 Å². The zero-order valence-electron chi connectivity index (χ0n) is 12.3. The Morgan fingerprint density at radius 1 is 1.57 bits per heavy atom. The fourth-order valence-electron chi connectivity index (χ4n) is 2.20. The summed E-state index contributed by atoms with van der Waals surface area (Å²) in [6.07, 6.45) is 2.31. The number of nitrogens with one attached hydrogen (secondary N) is 1. The lowest BCUT2D eigenvalue weighted by atomic mass is 10.3. The standard InChI is InChI=1S/C13H20N2O4S2/c1-8-7-20-11(13(16)17)12(8)21(18,19)14-6-9(2)15(3)10-4-5-10/h7,9-10,14H,4-6H2,1-3H3,(H,16,17). The van der Waals surface area contributed by atoms with Crippen molar-refractivity contribution in [3.05, 3.63) is 15.8 Å². The van der Waals surface area contributed by atoms with Crippen LogP contribution in [0.2, 0.25) is 0 Å². The third-order valence-corrected chi connectivity index (χ3v) is 6.59. The molecule has 1 heterocycles. The van der Waals surface area contributed by atoms with Crippen LogP contribution in [-0.4, -0.2) is 50.1 Å². The van der Waals surface area contributed by atoms with Crippen molar-refractivity contribution in [1.29, 1.82) is 0 Å². The maximum absolute atomic E-state index is 12.4. The van der Waals surface area contributed by atoms with Crippen LogP contribution in [0, 0.1) is 6.92 Å². The second-order valence-corrected chi connectivity index (χ2v) is 8.06. The quantitative estimate of drug-likeness (QED) is 0.790. The second kappa shape index (κ2) is 6.04. The van der Waals surface area contributed by atoms with Crippen molar-refractivity contribution in [2.75, 3.05) is 13.6 Å². The third kappa shape index (κ3) is 3.63. The number of nitrogens with zero attached hydrogens (tertiary/aromatic N) is 1. The summed E-state index contributed by atoms with van der Waals surface area (Å²) in [6, 6.07) is 0.612. The van der Waals surface area contributed by atoms with Gasteiger partial charge in [-0.05, 0) is 44.7 Å². The van der Waals surface area contributed by atoms with E-state index in [0.717, 1.165) is 24.2 Å². The average Bonchev–Trinajstić information content (AvgIpc) is 3.17. The van der Waals surface area contributed by atoms with Gasteiger partial charge in [0, 0.05) is 18.6 Å². The molecule has 0 radical (unpaired) electrons. The molecule has 0 saturated heterocycles. The summed E-state index contributed by atoms with van der Waals surface area (Å²) in [4.78, 5) is 13.0. The molecule has 0 aliphatic heterocycles. The first kappa shape index (κ1) is 16.4. The molecule has 1 saturated carbocycles. The van der Waals surface area contributed by atoms with Crippen LogP contribution >= 0.6 is 11.3 Å². The highest BCUT2D eigenvalue weighted by Gasteiger charge is 2.31. The van der Waals surface area contributed by atoms with E-state index in [9.17, 15) is 13.2 Å². The maximum atomic E-state index is 12.4. The minimum Gasteiger partial charge on any atom is -0.477 e. The van der Waals surface area contributed by atoms with Gasteiger partial charge < -0.3 is 5.11 Å². The van der Waals surface area contributed by atoms with E-state index in [1.54, 1.807) is 12.3 Å². The molecule has 1 aromatic rings. The molecule has 1 atom stereocenters. The SMILES string of the molecule is Cc1csc(C(=O)O)c1S(=O)(=O)NCC(C)N(C)C1CC1. The Bertz CT molecular complexity index is 635. The molecule has 0 bridgehead atoms. The number of carbonyl (C=O) groups is 1. The summed E-state index contributed by atoms with van der Waals surface area (Å²) in [5.41, 5.74) is 0.466. The van der Waals surface area contributed by atoms with Crippen molar-refractivity contribution < 1.29 is 18.3 Å². The fourth-order valence-corrected chi connectivity index (χ4v) is 4.95. The molecule has 0 spiro atoms. The molecule has 2 N–H and O–H groups in total. The largest absolute Gasteiger partial charge is 0.477 e. The summed E-state index contributed by atoms with van der Waals surface area (Å²) in [5, 5.41) is 10.7. The first-order valence-corrected chi connectivity index (χ1v) is 9.13. The molecule has 6 nitrogen and oxygen atoms in total. The van der Waals surface area contributed by atoms with Crippen molar-refractivity contribution in [1.82, 2.24) is 9.62 Å². The molecule has 2 rings (SSSR count). The van der Waals surface area contributed by atoms with Gasteiger partial charge in [-0.1, -0.05) is 0 Å². The fraction of sp³-hybridized carbons (Fsp3) is 0.615. The normalized spacial score (nSPS) is 17.1. The van der Waals surface area contributed by atoms with Gasteiger partial charge in [0.15, 0.2) is 0 Å². The van der Waals surface area contributed by atoms with Crippen molar-refractivity contribution in [2.24, 2.45) is 0 Å². The van der Waals surface area contributed by atoms with E-state index in [1.807, 2.05) is 14.0 Å². The first-order valence-electron chi connectivity index (χ1n) is 6.77. The summed E-state index contributed by atoms with van der Waals surface area (Å²) in [6.45, 7) is 3.83. The molecular weight excluding hydrogens is 312 g/mol. The van der Waals surface area contributed by atoms with Crippen LogP contribution in [0.1, 0.15) is 35.0 Å². The summed E-state index contributed by atoms with van der Waals surface area (Å²) in [7, 11) is -1.82. The number of hydrogen-bond donors (Lipinski definition) is 2. The van der Waals surface area contributed by atoms with Crippen molar-refractivity contribution >= 4 is 27.3 Å². The molecule has 1 aromatic heterocycles. The van der Waals surface area contributed by atoms with Crippen LogP contribution in [0.15, 0.2) is 10.3 Å². The van der Waals surface area contributed by atoms with Crippen molar-refractivity contribution in [3.8, 4) is 0 Å². The van der Waals surface area contributed by atoms with Gasteiger partial charge in [0.05, 0.1) is 0 Å². The van der Waals surface area contributed by atoms with E-state index < -0.39 is 16.0 Å². The average molecular weight is 332 g/mol. The van der Waals surface area contributed by atoms with Crippen molar-refractivity contribution in [2.45, 2.75) is 43.7 Å². The number of aryl methyl sites for hydroxylation is 1. The predicted octanol–water partition coefficient (Wildman–Crippen LogP) is 1.52. The summed E-state index contributed by atoms with van der Waals surface area (Å²) in [5.74, 6) is -1.21. The molecule has 8 heteroatoms. The third-order valence-electron chi connectivity index (χ3n) is 3.77. The molecule has 0 amide bonds. The van der Waals surface area contributed by atoms with Crippen LogP contribution in [0.4, 0.5) is 0 Å². The Morgan fingerprint density at radius 3 is 2.71 bits per heavy atom. The highest BCUT2D eigenvalue weighted by molar-refractivity contribution is 7.89. The number of carboxylic acids is 1. The van der Waals surface area contributed by atoms with Gasteiger partial charge in [-0.25, -0.2) is 17.9 Å². The van der Waals surface area contributed by atoms with Crippen LogP contribution in [-0.2, 0) is 10.0 Å². The summed E-state index contributed by atoms with van der Waals surface area (Å²) >= 11 is 0.937. The van der Waals surface area contributed by atoms with Crippen LogP contribution < -0.4 is 4.72 Å². The van der Waals surface area contributed by atoms with E-state index in [-0.39, 0.29) is 22.4 Å². The Balaban J connectivity index is 2.11. The van der Waals surface area contributed by atoms with Gasteiger partial charge in [0.1, 0.15) is 9.77 Å². The lowest BCUT2D eigenvalue weighted by Crippen LogP contribution is -2.41. The highest BCUT2D eigenvalue weighted by Crippen LogP contribution is 2.28. The van der Waals surface area contributed by atoms with Gasteiger partial charge in [-0.2, -0.15) is 0 Å². The predicted molar refractivity (Wildman–Crippen MR) is 81.5 cm³/mol. The van der Waals surface area contributed by atoms with Gasteiger partial charge >= 0.3 is 5.97 Å². The van der Waals surface area contributed by atoms with Gasteiger partial charge in [0.2, 0.25) is 10.0 Å². The molecule has 1 unspecified atom stereocenters. The van der Waals surface area contributed by atoms with Gasteiger partial charge in [0.25, 0.3) is 0 Å². The van der Waals surface area contributed by atoms with E-state index in [4.69, 9.17) is 5.11 Å². The van der Waals surface area contributed by atoms with E-state index in [1.165, 1.54) is 0 Å². The van der Waals surface area contributed by atoms with Gasteiger partial charge in [-0.15, -0.1) is 11.3 Å². The number of sulfonamides is 1. The maximum Gasteiger partial charge on any atom is 0.347 e. The van der Waals surface area contributed by atoms with E-state index in [0.29, 0.717) is 11.6 Å². The number of aromatic carboxylic acids is 1. The highest BCUT2D eigenvalue weighted by atomic mass is 32.2. The lowest BCUT2D eigenvalue weighted by molar-refractivity contribution is 0.0698. The smallest absolute Gasteiger partial charge is 0.347 e. The molecule has 1 fully saturated rings. The van der Waals surface area contributed by atoms with E-state index >= 15 is 0 Å². The molecule has 1 aliphatic rings. The number of rotatable bonds is 7. The number of thiophene rings is 1. The minimum atomic E-state index is -3.80. The Kier molecular flexibility index (Phi) is 4.72. The number of carboxylic acid groups (broad SMARTS) is 1.